The molecule has 0 heterocycles. The average molecular weight is 278 g/mol. The summed E-state index contributed by atoms with van der Waals surface area (Å²) in [5.74, 6) is 0. The van der Waals surface area contributed by atoms with Crippen LogP contribution in [0, 0.1) is 13.8 Å². The molecule has 0 saturated heterocycles. The van der Waals surface area contributed by atoms with Crippen LogP contribution in [0.5, 0.6) is 0 Å². The van der Waals surface area contributed by atoms with E-state index in [4.69, 9.17) is 0 Å². The number of rotatable bonds is 2. The summed E-state index contributed by atoms with van der Waals surface area (Å²) in [5, 5.41) is 0. The predicted molar refractivity (Wildman–Crippen MR) is 71.7 cm³/mol. The van der Waals surface area contributed by atoms with Gasteiger partial charge in [0, 0.05) is 5.56 Å². The molecule has 2 rings (SSSR count). The van der Waals surface area contributed by atoms with Crippen molar-refractivity contribution in [2.24, 2.45) is 0 Å². The fourth-order valence-corrected chi connectivity index (χ4v) is 2.15. The number of hydrogen-bond acceptors (Lipinski definition) is 1. The monoisotopic (exact) mass is 278 g/mol. The Morgan fingerprint density at radius 1 is 0.950 bits per heavy atom. The molecule has 1 nitrogen and oxygen atoms in total. The maximum Gasteiger partial charge on any atom is 0.416 e. The quantitative estimate of drug-likeness (QED) is 0.721. The molecule has 0 radical (unpaired) electrons. The second-order valence-corrected chi connectivity index (χ2v) is 4.74. The zero-order chi connectivity index (χ0) is 14.9. The first kappa shape index (κ1) is 14.3. The predicted octanol–water partition coefficient (Wildman–Crippen LogP) is 4.80. The number of halogens is 3. The minimum Gasteiger partial charge on any atom is -0.298 e. The van der Waals surface area contributed by atoms with Crippen LogP contribution in [0.2, 0.25) is 0 Å². The molecule has 0 spiro atoms. The SMILES string of the molecule is Cc1ccc(C=O)c(-c2ccc(C(F)(F)F)cc2C)c1. The van der Waals surface area contributed by atoms with E-state index in [2.05, 4.69) is 0 Å². The average Bonchev–Trinajstić information content (AvgIpc) is 2.37. The molecule has 2 aromatic carbocycles. The summed E-state index contributed by atoms with van der Waals surface area (Å²) in [6, 6.07) is 8.84. The van der Waals surface area contributed by atoms with E-state index >= 15 is 0 Å². The summed E-state index contributed by atoms with van der Waals surface area (Å²) in [6.45, 7) is 3.49. The van der Waals surface area contributed by atoms with Gasteiger partial charge in [0.25, 0.3) is 0 Å². The van der Waals surface area contributed by atoms with Gasteiger partial charge < -0.3 is 0 Å². The normalized spacial score (nSPS) is 11.4. The molecule has 104 valence electrons. The summed E-state index contributed by atoms with van der Waals surface area (Å²) in [5.41, 5.74) is 2.53. The van der Waals surface area contributed by atoms with E-state index in [0.717, 1.165) is 17.7 Å². The zero-order valence-corrected chi connectivity index (χ0v) is 11.1. The van der Waals surface area contributed by atoms with E-state index in [9.17, 15) is 18.0 Å². The molecule has 4 heteroatoms. The highest BCUT2D eigenvalue weighted by atomic mass is 19.4. The molecule has 0 fully saturated rings. The fourth-order valence-electron chi connectivity index (χ4n) is 2.15. The molecule has 0 unspecified atom stereocenters. The van der Waals surface area contributed by atoms with Crippen molar-refractivity contribution in [2.45, 2.75) is 20.0 Å². The molecule has 0 aromatic heterocycles. The van der Waals surface area contributed by atoms with Crippen molar-refractivity contribution in [2.75, 3.05) is 0 Å². The smallest absolute Gasteiger partial charge is 0.298 e. The summed E-state index contributed by atoms with van der Waals surface area (Å²) in [4.78, 5) is 11.1. The van der Waals surface area contributed by atoms with Gasteiger partial charge in [-0.15, -0.1) is 0 Å². The van der Waals surface area contributed by atoms with Gasteiger partial charge in [0.15, 0.2) is 6.29 Å². The second kappa shape index (κ2) is 5.12. The topological polar surface area (TPSA) is 17.1 Å². The van der Waals surface area contributed by atoms with E-state index < -0.39 is 11.7 Å². The van der Waals surface area contributed by atoms with E-state index in [0.29, 0.717) is 28.5 Å². The Morgan fingerprint density at radius 3 is 2.20 bits per heavy atom. The first-order valence-electron chi connectivity index (χ1n) is 6.07. The Labute approximate surface area is 115 Å². The highest BCUT2D eigenvalue weighted by Gasteiger charge is 2.30. The van der Waals surface area contributed by atoms with Crippen molar-refractivity contribution in [1.29, 1.82) is 0 Å². The molecule has 0 bridgehead atoms. The third kappa shape index (κ3) is 2.74. The Morgan fingerprint density at radius 2 is 1.65 bits per heavy atom. The molecule has 20 heavy (non-hydrogen) atoms. The minimum absolute atomic E-state index is 0.471. The second-order valence-electron chi connectivity index (χ2n) is 4.74. The number of alkyl halides is 3. The molecule has 0 aliphatic heterocycles. The number of carbonyl (C=O) groups excluding carboxylic acids is 1. The van der Waals surface area contributed by atoms with Gasteiger partial charge in [-0.3, -0.25) is 4.79 Å². The highest BCUT2D eigenvalue weighted by molar-refractivity contribution is 5.88. The van der Waals surface area contributed by atoms with Crippen molar-refractivity contribution in [3.8, 4) is 11.1 Å². The maximum absolute atomic E-state index is 12.7. The van der Waals surface area contributed by atoms with Crippen LogP contribution >= 0.6 is 0 Å². The van der Waals surface area contributed by atoms with E-state index in [1.54, 1.807) is 25.1 Å². The van der Waals surface area contributed by atoms with Gasteiger partial charge in [0.2, 0.25) is 0 Å². The Bertz CT molecular complexity index is 657. The molecular formula is C16H13F3O. The maximum atomic E-state index is 12.7. The van der Waals surface area contributed by atoms with Crippen molar-refractivity contribution in [3.63, 3.8) is 0 Å². The van der Waals surface area contributed by atoms with Crippen LogP contribution in [0.25, 0.3) is 11.1 Å². The molecule has 0 aliphatic carbocycles. The Hall–Kier alpha value is -2.10. The number of aryl methyl sites for hydroxylation is 2. The third-order valence-electron chi connectivity index (χ3n) is 3.18. The van der Waals surface area contributed by atoms with Crippen LogP contribution in [0.1, 0.15) is 27.0 Å². The van der Waals surface area contributed by atoms with Crippen molar-refractivity contribution < 1.29 is 18.0 Å². The van der Waals surface area contributed by atoms with Crippen LogP contribution in [-0.4, -0.2) is 6.29 Å². The molecular weight excluding hydrogens is 265 g/mol. The summed E-state index contributed by atoms with van der Waals surface area (Å²) >= 11 is 0. The minimum atomic E-state index is -4.36. The van der Waals surface area contributed by atoms with Crippen LogP contribution in [0.15, 0.2) is 36.4 Å². The van der Waals surface area contributed by atoms with E-state index in [1.165, 1.54) is 6.07 Å². The van der Waals surface area contributed by atoms with Gasteiger partial charge >= 0.3 is 6.18 Å². The lowest BCUT2D eigenvalue weighted by molar-refractivity contribution is -0.137. The molecule has 0 atom stereocenters. The molecule has 2 aromatic rings. The summed E-state index contributed by atoms with van der Waals surface area (Å²) in [7, 11) is 0. The molecule has 0 saturated carbocycles. The van der Waals surface area contributed by atoms with Crippen molar-refractivity contribution in [3.05, 3.63) is 58.7 Å². The Kier molecular flexibility index (Phi) is 3.66. The van der Waals surface area contributed by atoms with E-state index in [-0.39, 0.29) is 0 Å². The number of carbonyl (C=O) groups is 1. The zero-order valence-electron chi connectivity index (χ0n) is 11.1. The first-order valence-corrected chi connectivity index (χ1v) is 6.07. The van der Waals surface area contributed by atoms with Gasteiger partial charge in [-0.2, -0.15) is 13.2 Å². The van der Waals surface area contributed by atoms with Crippen LogP contribution in [0.4, 0.5) is 13.2 Å². The number of hydrogen-bond donors (Lipinski definition) is 0. The third-order valence-corrected chi connectivity index (χ3v) is 3.18. The standard InChI is InChI=1S/C16H13F3O/c1-10-3-4-12(9-20)15(7-10)14-6-5-13(8-11(14)2)16(17,18)19/h3-9H,1-2H3. The van der Waals surface area contributed by atoms with Gasteiger partial charge in [-0.1, -0.05) is 29.8 Å². The molecule has 0 aliphatic rings. The van der Waals surface area contributed by atoms with Crippen molar-refractivity contribution >= 4 is 6.29 Å². The number of aldehydes is 1. The lowest BCUT2D eigenvalue weighted by Gasteiger charge is -2.13. The lowest BCUT2D eigenvalue weighted by Crippen LogP contribution is -2.05. The molecule has 0 amide bonds. The van der Waals surface area contributed by atoms with Crippen LogP contribution < -0.4 is 0 Å². The summed E-state index contributed by atoms with van der Waals surface area (Å²) < 4.78 is 38.0. The highest BCUT2D eigenvalue weighted by Crippen LogP contribution is 2.34. The van der Waals surface area contributed by atoms with Gasteiger partial charge in [0.05, 0.1) is 5.56 Å². The van der Waals surface area contributed by atoms with Gasteiger partial charge in [-0.05, 0) is 42.7 Å². The van der Waals surface area contributed by atoms with Gasteiger partial charge in [-0.25, -0.2) is 0 Å². The largest absolute Gasteiger partial charge is 0.416 e. The first-order chi connectivity index (χ1) is 9.32. The summed E-state index contributed by atoms with van der Waals surface area (Å²) in [6.07, 6.45) is -3.64. The lowest BCUT2D eigenvalue weighted by atomic mass is 9.93. The Balaban J connectivity index is 2.60. The number of benzene rings is 2. The van der Waals surface area contributed by atoms with Crippen LogP contribution in [-0.2, 0) is 6.18 Å². The van der Waals surface area contributed by atoms with Crippen LogP contribution in [0.3, 0.4) is 0 Å². The van der Waals surface area contributed by atoms with E-state index in [1.807, 2.05) is 6.92 Å². The molecule has 0 N–H and O–H groups in total. The van der Waals surface area contributed by atoms with Crippen molar-refractivity contribution in [1.82, 2.24) is 0 Å². The fraction of sp³-hybridized carbons (Fsp3) is 0.188. The van der Waals surface area contributed by atoms with Gasteiger partial charge in [0.1, 0.15) is 0 Å².